The molecule has 0 aliphatic carbocycles. The van der Waals surface area contributed by atoms with Gasteiger partial charge in [-0.05, 0) is 37.5 Å². The maximum absolute atomic E-state index is 13.0. The summed E-state index contributed by atoms with van der Waals surface area (Å²) in [5, 5.41) is 15.4. The number of hydrogen-bond donors (Lipinski definition) is 5. The quantitative estimate of drug-likeness (QED) is 0.244. The molecule has 11 nitrogen and oxygen atoms in total. The van der Waals surface area contributed by atoms with E-state index in [1.54, 1.807) is 12.1 Å². The molecule has 0 bridgehead atoms. The molecule has 13 heteroatoms. The van der Waals surface area contributed by atoms with Crippen LogP contribution in [0.15, 0.2) is 29.3 Å². The second kappa shape index (κ2) is 12.9. The Morgan fingerprint density at radius 1 is 1.18 bits per heavy atom. The van der Waals surface area contributed by atoms with Gasteiger partial charge in [0.2, 0.25) is 11.8 Å². The molecule has 2 aromatic rings. The fraction of sp³-hybridized carbons (Fsp3) is 0.381. The lowest BCUT2D eigenvalue weighted by molar-refractivity contribution is -0.133. The zero-order chi connectivity index (χ0) is 24.7. The van der Waals surface area contributed by atoms with Gasteiger partial charge in [-0.2, -0.15) is 0 Å². The molecule has 0 saturated carbocycles. The van der Waals surface area contributed by atoms with E-state index in [4.69, 9.17) is 11.5 Å². The van der Waals surface area contributed by atoms with E-state index in [-0.39, 0.29) is 34.3 Å². The van der Waals surface area contributed by atoms with Crippen LogP contribution in [-0.2, 0) is 22.4 Å². The number of benzene rings is 1. The third-order valence-electron chi connectivity index (χ3n) is 4.51. The van der Waals surface area contributed by atoms with Gasteiger partial charge in [0, 0.05) is 21.0 Å². The number of hydrogen-bond acceptors (Lipinski definition) is 7. The van der Waals surface area contributed by atoms with Crippen LogP contribution in [0.2, 0.25) is 0 Å². The lowest BCUT2D eigenvalue weighted by Gasteiger charge is -2.23. The molecule has 34 heavy (non-hydrogen) atoms. The molecule has 0 aliphatic heterocycles. The van der Waals surface area contributed by atoms with E-state index >= 15 is 0 Å². The predicted octanol–water partition coefficient (Wildman–Crippen LogP) is 0.781. The highest BCUT2D eigenvalue weighted by atomic mass is 35.5. The molecule has 0 aliphatic rings. The highest BCUT2D eigenvalue weighted by Crippen LogP contribution is 2.25. The van der Waals surface area contributed by atoms with Gasteiger partial charge in [-0.1, -0.05) is 23.5 Å². The number of aliphatic hydroxyl groups excluding tert-OH is 1. The number of aliphatic imine (C=N–C) groups is 1. The first-order chi connectivity index (χ1) is 15.5. The highest BCUT2D eigenvalue weighted by molar-refractivity contribution is 7.17. The smallest absolute Gasteiger partial charge is 0.264 e. The van der Waals surface area contributed by atoms with E-state index in [0.29, 0.717) is 24.2 Å². The van der Waals surface area contributed by atoms with E-state index in [2.05, 4.69) is 20.6 Å². The fourth-order valence-corrected chi connectivity index (χ4v) is 3.89. The van der Waals surface area contributed by atoms with Gasteiger partial charge in [-0.25, -0.2) is 9.98 Å². The van der Waals surface area contributed by atoms with Gasteiger partial charge >= 0.3 is 0 Å². The Morgan fingerprint density at radius 2 is 1.79 bits per heavy atom. The fourth-order valence-electron chi connectivity index (χ4n) is 2.93. The SMILES string of the molecule is CC(=O)Nc1nc(CCc2ccc(N=C(N)N)cc2)c(C(=O)N[C@H](C(=O)N(C)C)[C@H](C)O)s1.Cl. The molecule has 1 aromatic heterocycles. The van der Waals surface area contributed by atoms with Crippen molar-refractivity contribution >= 4 is 58.2 Å². The molecule has 0 fully saturated rings. The van der Waals surface area contributed by atoms with Gasteiger partial charge in [0.15, 0.2) is 11.1 Å². The molecule has 3 amide bonds. The van der Waals surface area contributed by atoms with Crippen molar-refractivity contribution in [2.75, 3.05) is 19.4 Å². The lowest BCUT2D eigenvalue weighted by Crippen LogP contribution is -2.52. The van der Waals surface area contributed by atoms with E-state index in [1.807, 2.05) is 12.1 Å². The molecule has 0 saturated heterocycles. The van der Waals surface area contributed by atoms with Crippen molar-refractivity contribution in [1.29, 1.82) is 0 Å². The van der Waals surface area contributed by atoms with Crippen LogP contribution in [0.4, 0.5) is 10.8 Å². The average Bonchev–Trinajstić information content (AvgIpc) is 3.12. The number of carbonyl (C=O) groups excluding carboxylic acids is 3. The van der Waals surface area contributed by atoms with Crippen LogP contribution >= 0.6 is 23.7 Å². The van der Waals surface area contributed by atoms with Crippen LogP contribution in [-0.4, -0.2) is 64.9 Å². The van der Waals surface area contributed by atoms with Crippen molar-refractivity contribution in [1.82, 2.24) is 15.2 Å². The summed E-state index contributed by atoms with van der Waals surface area (Å²) in [6.07, 6.45) is -0.137. The number of aliphatic hydroxyl groups is 1. The molecule has 0 spiro atoms. The van der Waals surface area contributed by atoms with Crippen LogP contribution in [0, 0.1) is 0 Å². The minimum Gasteiger partial charge on any atom is -0.391 e. The molecule has 186 valence electrons. The van der Waals surface area contributed by atoms with Crippen LogP contribution in [0.1, 0.15) is 34.8 Å². The first-order valence-electron chi connectivity index (χ1n) is 10.1. The number of aryl methyl sites for hydroxylation is 2. The van der Waals surface area contributed by atoms with Gasteiger partial charge in [0.05, 0.1) is 17.5 Å². The Labute approximate surface area is 208 Å². The Bertz CT molecular complexity index is 1030. The number of rotatable bonds is 9. The number of amides is 3. The molecule has 0 radical (unpaired) electrons. The first-order valence-corrected chi connectivity index (χ1v) is 11.0. The number of aromatic nitrogens is 1. The number of guanidine groups is 1. The van der Waals surface area contributed by atoms with E-state index < -0.39 is 24.0 Å². The number of nitrogens with one attached hydrogen (secondary N) is 2. The zero-order valence-electron chi connectivity index (χ0n) is 19.4. The number of carbonyl (C=O) groups is 3. The summed E-state index contributed by atoms with van der Waals surface area (Å²) in [7, 11) is 3.07. The van der Waals surface area contributed by atoms with Gasteiger partial charge < -0.3 is 32.1 Å². The van der Waals surface area contributed by atoms with Crippen LogP contribution in [0.5, 0.6) is 0 Å². The highest BCUT2D eigenvalue weighted by Gasteiger charge is 2.29. The van der Waals surface area contributed by atoms with Crippen LogP contribution < -0.4 is 22.1 Å². The number of thiazole rings is 1. The van der Waals surface area contributed by atoms with E-state index in [9.17, 15) is 19.5 Å². The standard InChI is InChI=1S/C21H29N7O4S.ClH/c1-11(29)16(19(32)28(3)4)27-18(31)17-15(26-21(33-17)24-12(2)30)10-7-13-5-8-14(9-6-13)25-20(22)23;/h5-6,8-9,11,16,29H,7,10H2,1-4H3,(H,27,31)(H4,22,23,25)(H,24,26,30);1H/t11-,16-;/m0./s1. The lowest BCUT2D eigenvalue weighted by atomic mass is 10.1. The van der Waals surface area contributed by atoms with E-state index in [1.165, 1.54) is 32.8 Å². The maximum atomic E-state index is 13.0. The topological polar surface area (TPSA) is 176 Å². The summed E-state index contributed by atoms with van der Waals surface area (Å²) in [6.45, 7) is 2.77. The minimum atomic E-state index is -1.12. The maximum Gasteiger partial charge on any atom is 0.264 e. The van der Waals surface area contributed by atoms with Crippen molar-refractivity contribution in [3.05, 3.63) is 40.4 Å². The number of halogens is 1. The predicted molar refractivity (Wildman–Crippen MR) is 135 cm³/mol. The van der Waals surface area contributed by atoms with Crippen molar-refractivity contribution in [3.63, 3.8) is 0 Å². The molecule has 7 N–H and O–H groups in total. The second-order valence-electron chi connectivity index (χ2n) is 7.60. The Balaban J connectivity index is 0.00000578. The third kappa shape index (κ3) is 8.28. The van der Waals surface area contributed by atoms with Gasteiger partial charge in [0.25, 0.3) is 5.91 Å². The Morgan fingerprint density at radius 3 is 2.29 bits per heavy atom. The van der Waals surface area contributed by atoms with Crippen molar-refractivity contribution in [2.45, 2.75) is 38.8 Å². The summed E-state index contributed by atoms with van der Waals surface area (Å²) < 4.78 is 0. The van der Waals surface area contributed by atoms with Crippen molar-refractivity contribution in [2.24, 2.45) is 16.5 Å². The summed E-state index contributed by atoms with van der Waals surface area (Å²) in [4.78, 5) is 46.7. The second-order valence-corrected chi connectivity index (χ2v) is 8.60. The van der Waals surface area contributed by atoms with Crippen LogP contribution in [0.3, 0.4) is 0 Å². The Hall–Kier alpha value is -3.22. The number of nitrogens with zero attached hydrogens (tertiary/aromatic N) is 3. The van der Waals surface area contributed by atoms with Gasteiger partial charge in [-0.15, -0.1) is 12.4 Å². The summed E-state index contributed by atoms with van der Waals surface area (Å²) >= 11 is 1.01. The zero-order valence-corrected chi connectivity index (χ0v) is 21.0. The third-order valence-corrected chi connectivity index (χ3v) is 5.52. The van der Waals surface area contributed by atoms with Gasteiger partial charge in [0.1, 0.15) is 10.9 Å². The van der Waals surface area contributed by atoms with E-state index in [0.717, 1.165) is 16.9 Å². The molecular weight excluding hydrogens is 482 g/mol. The summed E-state index contributed by atoms with van der Waals surface area (Å²) in [5.41, 5.74) is 12.8. The molecule has 1 heterocycles. The van der Waals surface area contributed by atoms with Gasteiger partial charge in [-0.3, -0.25) is 14.4 Å². The molecule has 2 rings (SSSR count). The molecule has 2 atom stereocenters. The molecule has 0 unspecified atom stereocenters. The Kier molecular flexibility index (Phi) is 10.9. The average molecular weight is 512 g/mol. The number of anilines is 1. The normalized spacial score (nSPS) is 12.0. The first kappa shape index (κ1) is 28.8. The van der Waals surface area contributed by atoms with Crippen molar-refractivity contribution < 1.29 is 19.5 Å². The molecular formula is C21H30ClN7O4S. The molecule has 1 aromatic carbocycles. The monoisotopic (exact) mass is 511 g/mol. The number of nitrogens with two attached hydrogens (primary N) is 2. The van der Waals surface area contributed by atoms with Crippen LogP contribution in [0.25, 0.3) is 0 Å². The largest absolute Gasteiger partial charge is 0.391 e. The summed E-state index contributed by atoms with van der Waals surface area (Å²) in [5.74, 6) is -1.34. The summed E-state index contributed by atoms with van der Waals surface area (Å²) in [6, 6.07) is 6.15. The minimum absolute atomic E-state index is 0. The van der Waals surface area contributed by atoms with Crippen molar-refractivity contribution in [3.8, 4) is 0 Å². The number of likely N-dealkylation sites (N-methyl/N-ethyl adjacent to an activating group) is 1.